The summed E-state index contributed by atoms with van der Waals surface area (Å²) in [6.45, 7) is 3.70. The van der Waals surface area contributed by atoms with Gasteiger partial charge in [0.2, 0.25) is 5.30 Å². The lowest BCUT2D eigenvalue weighted by atomic mass is 9.93. The summed E-state index contributed by atoms with van der Waals surface area (Å²) >= 11 is 0. The smallest absolute Gasteiger partial charge is 0.289 e. The van der Waals surface area contributed by atoms with E-state index < -0.39 is 7.80 Å². The largest absolute Gasteiger partial charge is 0.380 e. The predicted octanol–water partition coefficient (Wildman–Crippen LogP) is 5.01. The highest BCUT2D eigenvalue weighted by atomic mass is 31.1. The fourth-order valence-corrected chi connectivity index (χ4v) is 4.14. The van der Waals surface area contributed by atoms with E-state index in [4.69, 9.17) is 0 Å². The van der Waals surface area contributed by atoms with Gasteiger partial charge in [-0.3, -0.25) is 9.59 Å². The molecule has 0 bridgehead atoms. The van der Waals surface area contributed by atoms with Crippen LogP contribution in [0.15, 0.2) is 78.9 Å². The van der Waals surface area contributed by atoms with Crippen molar-refractivity contribution in [1.29, 1.82) is 0 Å². The monoisotopic (exact) mass is 375 g/mol. The molecule has 4 heteroatoms. The predicted molar refractivity (Wildman–Crippen MR) is 109 cm³/mol. The molecule has 3 rings (SSSR count). The minimum atomic E-state index is -1.81. The minimum Gasteiger partial charge on any atom is -0.289 e. The Labute approximate surface area is 159 Å². The molecule has 0 saturated carbocycles. The first-order valence-electron chi connectivity index (χ1n) is 8.79. The molecule has 0 amide bonds. The number of rotatable bonds is 6. The van der Waals surface area contributed by atoms with E-state index in [0.29, 0.717) is 16.4 Å². The van der Waals surface area contributed by atoms with Crippen molar-refractivity contribution in [3.63, 3.8) is 0 Å². The summed E-state index contributed by atoms with van der Waals surface area (Å²) < 4.78 is 12.9. The lowest BCUT2D eigenvalue weighted by Crippen LogP contribution is -2.21. The van der Waals surface area contributed by atoms with Gasteiger partial charge in [0.1, 0.15) is 0 Å². The molecule has 0 aliphatic carbocycles. The first kappa shape index (κ1) is 18.9. The minimum absolute atomic E-state index is 0.135. The topological polar surface area (TPSA) is 51.2 Å². The first-order valence-corrected chi connectivity index (χ1v) is 10.1. The van der Waals surface area contributed by atoms with E-state index in [0.717, 1.165) is 0 Å². The summed E-state index contributed by atoms with van der Waals surface area (Å²) in [6, 6.07) is 22.6. The van der Waals surface area contributed by atoms with Crippen molar-refractivity contribution in [3.8, 4) is 0 Å². The molecule has 0 heterocycles. The van der Waals surface area contributed by atoms with E-state index in [2.05, 4.69) is 0 Å². The van der Waals surface area contributed by atoms with E-state index >= 15 is 0 Å². The van der Waals surface area contributed by atoms with E-state index in [9.17, 15) is 14.2 Å². The van der Waals surface area contributed by atoms with Gasteiger partial charge in [0.05, 0.1) is 5.56 Å². The van der Waals surface area contributed by atoms with Crippen LogP contribution in [0.2, 0.25) is 0 Å². The second-order valence-electron chi connectivity index (χ2n) is 6.51. The SMILES string of the molecule is CC(C)[P+](=O)c1cccc(C(=O)c2ccccc2)c1C(=O)c1ccccc1. The van der Waals surface area contributed by atoms with Crippen molar-refractivity contribution in [3.05, 3.63) is 101 Å². The molecule has 0 spiro atoms. The summed E-state index contributed by atoms with van der Waals surface area (Å²) in [5.74, 6) is -0.529. The molecule has 0 fully saturated rings. The molecule has 1 unspecified atom stereocenters. The summed E-state index contributed by atoms with van der Waals surface area (Å²) in [4.78, 5) is 26.4. The average Bonchev–Trinajstić information content (AvgIpc) is 2.72. The lowest BCUT2D eigenvalue weighted by Gasteiger charge is -2.10. The molecule has 0 saturated heterocycles. The molecule has 3 nitrogen and oxygen atoms in total. The molecule has 0 radical (unpaired) electrons. The van der Waals surface area contributed by atoms with Crippen LogP contribution < -0.4 is 5.30 Å². The van der Waals surface area contributed by atoms with Crippen molar-refractivity contribution >= 4 is 24.7 Å². The summed E-state index contributed by atoms with van der Waals surface area (Å²) in [6.07, 6.45) is 0. The van der Waals surface area contributed by atoms with E-state index in [1.807, 2.05) is 26.0 Å². The van der Waals surface area contributed by atoms with Crippen LogP contribution >= 0.6 is 7.80 Å². The van der Waals surface area contributed by atoms with Gasteiger partial charge < -0.3 is 0 Å². The van der Waals surface area contributed by atoms with E-state index in [1.54, 1.807) is 66.7 Å². The number of hydrogen-bond acceptors (Lipinski definition) is 3. The zero-order valence-corrected chi connectivity index (χ0v) is 16.1. The fourth-order valence-electron chi connectivity index (χ4n) is 2.91. The fraction of sp³-hybridized carbons (Fsp3) is 0.130. The zero-order chi connectivity index (χ0) is 19.4. The Morgan fingerprint density at radius 3 is 1.74 bits per heavy atom. The second-order valence-corrected chi connectivity index (χ2v) is 8.68. The molecule has 3 aromatic rings. The van der Waals surface area contributed by atoms with Crippen molar-refractivity contribution in [2.24, 2.45) is 0 Å². The zero-order valence-electron chi connectivity index (χ0n) is 15.3. The molecule has 134 valence electrons. The van der Waals surface area contributed by atoms with Crippen LogP contribution in [0, 0.1) is 0 Å². The van der Waals surface area contributed by atoms with Gasteiger partial charge in [-0.05, 0) is 26.0 Å². The standard InChI is InChI=1S/C23H20O3P/c1-16(2)27(26)20-15-9-14-19(22(24)17-10-5-3-6-11-17)21(20)23(25)18-12-7-4-8-13-18/h3-16H,1-2H3/q+1. The molecule has 0 aliphatic heterocycles. The Morgan fingerprint density at radius 2 is 1.22 bits per heavy atom. The third kappa shape index (κ3) is 3.94. The van der Waals surface area contributed by atoms with Gasteiger partial charge in [0.15, 0.2) is 17.2 Å². The van der Waals surface area contributed by atoms with Gasteiger partial charge in [-0.25, -0.2) is 0 Å². The van der Waals surface area contributed by atoms with Crippen molar-refractivity contribution in [2.75, 3.05) is 0 Å². The van der Waals surface area contributed by atoms with Crippen LogP contribution in [0.5, 0.6) is 0 Å². The van der Waals surface area contributed by atoms with Crippen LogP contribution in [-0.2, 0) is 4.57 Å². The summed E-state index contributed by atoms with van der Waals surface area (Å²) in [5, 5.41) is 0.440. The van der Waals surface area contributed by atoms with Crippen LogP contribution in [-0.4, -0.2) is 17.2 Å². The van der Waals surface area contributed by atoms with E-state index in [1.165, 1.54) is 0 Å². The molecular weight excluding hydrogens is 355 g/mol. The molecular formula is C23H20O3P+. The maximum absolute atomic E-state index is 13.3. The van der Waals surface area contributed by atoms with Gasteiger partial charge in [-0.1, -0.05) is 71.3 Å². The Balaban J connectivity index is 2.22. The van der Waals surface area contributed by atoms with Crippen molar-refractivity contribution in [2.45, 2.75) is 19.5 Å². The van der Waals surface area contributed by atoms with Crippen LogP contribution in [0.4, 0.5) is 0 Å². The Morgan fingerprint density at radius 1 is 0.704 bits per heavy atom. The highest BCUT2D eigenvalue weighted by Crippen LogP contribution is 2.31. The van der Waals surface area contributed by atoms with Crippen LogP contribution in [0.25, 0.3) is 0 Å². The lowest BCUT2D eigenvalue weighted by molar-refractivity contribution is 0.100. The van der Waals surface area contributed by atoms with Crippen LogP contribution in [0.1, 0.15) is 45.7 Å². The quantitative estimate of drug-likeness (QED) is 0.449. The number of ketones is 2. The van der Waals surface area contributed by atoms with Crippen LogP contribution in [0.3, 0.4) is 0 Å². The maximum Gasteiger partial charge on any atom is 0.380 e. The van der Waals surface area contributed by atoms with Gasteiger partial charge in [0.25, 0.3) is 0 Å². The molecule has 1 atom stereocenters. The van der Waals surface area contributed by atoms with Crippen molar-refractivity contribution < 1.29 is 14.2 Å². The van der Waals surface area contributed by atoms with Gasteiger partial charge in [-0.2, -0.15) is 0 Å². The normalized spacial score (nSPS) is 11.3. The maximum atomic E-state index is 13.3. The summed E-state index contributed by atoms with van der Waals surface area (Å²) in [5.41, 5.74) is 1.36. The third-order valence-electron chi connectivity index (χ3n) is 4.29. The van der Waals surface area contributed by atoms with Crippen molar-refractivity contribution in [1.82, 2.24) is 0 Å². The highest BCUT2D eigenvalue weighted by Gasteiger charge is 2.34. The Kier molecular flexibility index (Phi) is 5.73. The van der Waals surface area contributed by atoms with Gasteiger partial charge >= 0.3 is 7.80 Å². The van der Waals surface area contributed by atoms with Gasteiger partial charge in [0, 0.05) is 16.7 Å². The molecule has 27 heavy (non-hydrogen) atoms. The van der Waals surface area contributed by atoms with Gasteiger partial charge in [-0.15, -0.1) is 0 Å². The molecule has 0 aromatic heterocycles. The molecule has 0 N–H and O–H groups in total. The number of benzene rings is 3. The third-order valence-corrected chi connectivity index (χ3v) is 6.08. The number of carbonyl (C=O) groups is 2. The molecule has 0 aliphatic rings. The highest BCUT2D eigenvalue weighted by molar-refractivity contribution is 7.54. The number of hydrogen-bond donors (Lipinski definition) is 0. The van der Waals surface area contributed by atoms with E-state index in [-0.39, 0.29) is 28.4 Å². The average molecular weight is 375 g/mol. The second kappa shape index (κ2) is 8.20. The Hall–Kier alpha value is -2.90. The first-order chi connectivity index (χ1) is 13.0. The number of carbonyl (C=O) groups excluding carboxylic acids is 2. The summed E-state index contributed by atoms with van der Waals surface area (Å²) in [7, 11) is -1.81. The molecule has 3 aromatic carbocycles. The Bertz CT molecular complexity index is 993.